The lowest BCUT2D eigenvalue weighted by Gasteiger charge is -2.16. The number of halogens is 2. The van der Waals surface area contributed by atoms with E-state index in [0.717, 1.165) is 15.7 Å². The third kappa shape index (κ3) is 3.15. The zero-order chi connectivity index (χ0) is 13.0. The molecular weight excluding hydrogens is 295 g/mol. The Kier molecular flexibility index (Phi) is 4.44. The molecule has 1 aromatic heterocycles. The van der Waals surface area contributed by atoms with Gasteiger partial charge >= 0.3 is 0 Å². The molecule has 2 aromatic rings. The highest BCUT2D eigenvalue weighted by atomic mass is 79.9. The third-order valence-electron chi connectivity index (χ3n) is 2.83. The van der Waals surface area contributed by atoms with Crippen LogP contribution in [0.25, 0.3) is 0 Å². The van der Waals surface area contributed by atoms with E-state index in [9.17, 15) is 4.39 Å². The molecule has 0 saturated carbocycles. The van der Waals surface area contributed by atoms with Crippen LogP contribution in [0.4, 0.5) is 4.39 Å². The highest BCUT2D eigenvalue weighted by molar-refractivity contribution is 9.10. The molecule has 1 atom stereocenters. The van der Waals surface area contributed by atoms with Gasteiger partial charge < -0.3 is 5.32 Å². The van der Waals surface area contributed by atoms with Crippen LogP contribution in [0, 0.1) is 5.82 Å². The van der Waals surface area contributed by atoms with Gasteiger partial charge in [0.1, 0.15) is 5.82 Å². The SMILES string of the molecule is CNC(Cc1cc(F)ccc1Br)c1ccccn1. The average Bonchev–Trinajstić information content (AvgIpc) is 2.41. The van der Waals surface area contributed by atoms with Crippen molar-refractivity contribution in [2.45, 2.75) is 12.5 Å². The van der Waals surface area contributed by atoms with Gasteiger partial charge in [-0.05, 0) is 49.4 Å². The van der Waals surface area contributed by atoms with Crippen LogP contribution >= 0.6 is 15.9 Å². The summed E-state index contributed by atoms with van der Waals surface area (Å²) in [4.78, 5) is 4.33. The minimum absolute atomic E-state index is 0.0734. The normalized spacial score (nSPS) is 12.4. The van der Waals surface area contributed by atoms with E-state index in [1.807, 2.05) is 25.2 Å². The predicted molar refractivity (Wildman–Crippen MR) is 73.8 cm³/mol. The smallest absolute Gasteiger partial charge is 0.123 e. The van der Waals surface area contributed by atoms with Gasteiger partial charge in [0.2, 0.25) is 0 Å². The minimum Gasteiger partial charge on any atom is -0.311 e. The van der Waals surface area contributed by atoms with Crippen molar-refractivity contribution >= 4 is 15.9 Å². The van der Waals surface area contributed by atoms with Gasteiger partial charge in [-0.2, -0.15) is 0 Å². The molecule has 1 aromatic carbocycles. The summed E-state index contributed by atoms with van der Waals surface area (Å²) in [7, 11) is 1.88. The fourth-order valence-corrected chi connectivity index (χ4v) is 2.26. The Hall–Kier alpha value is -1.26. The van der Waals surface area contributed by atoms with E-state index in [-0.39, 0.29) is 11.9 Å². The number of nitrogens with one attached hydrogen (secondary N) is 1. The number of nitrogens with zero attached hydrogens (tertiary/aromatic N) is 1. The maximum absolute atomic E-state index is 13.2. The van der Waals surface area contributed by atoms with E-state index in [1.54, 1.807) is 18.3 Å². The second-order valence-electron chi connectivity index (χ2n) is 4.04. The minimum atomic E-state index is -0.218. The molecule has 0 radical (unpaired) electrons. The van der Waals surface area contributed by atoms with Crippen LogP contribution in [0.15, 0.2) is 47.1 Å². The first-order valence-corrected chi connectivity index (χ1v) is 6.52. The van der Waals surface area contributed by atoms with Crippen LogP contribution in [0.3, 0.4) is 0 Å². The molecule has 2 nitrogen and oxygen atoms in total. The van der Waals surface area contributed by atoms with E-state index in [0.29, 0.717) is 6.42 Å². The van der Waals surface area contributed by atoms with Crippen molar-refractivity contribution in [1.82, 2.24) is 10.3 Å². The van der Waals surface area contributed by atoms with Gasteiger partial charge in [-0.25, -0.2) is 4.39 Å². The summed E-state index contributed by atoms with van der Waals surface area (Å²) < 4.78 is 14.2. The molecule has 0 saturated heterocycles. The van der Waals surface area contributed by atoms with Crippen LogP contribution in [0.2, 0.25) is 0 Å². The highest BCUT2D eigenvalue weighted by Gasteiger charge is 2.13. The molecule has 0 fully saturated rings. The Morgan fingerprint density at radius 2 is 2.17 bits per heavy atom. The van der Waals surface area contributed by atoms with Crippen LogP contribution in [-0.2, 0) is 6.42 Å². The monoisotopic (exact) mass is 308 g/mol. The first-order chi connectivity index (χ1) is 8.70. The molecule has 94 valence electrons. The van der Waals surface area contributed by atoms with E-state index < -0.39 is 0 Å². The number of pyridine rings is 1. The highest BCUT2D eigenvalue weighted by Crippen LogP contribution is 2.23. The Morgan fingerprint density at radius 1 is 1.33 bits per heavy atom. The third-order valence-corrected chi connectivity index (χ3v) is 3.60. The number of hydrogen-bond acceptors (Lipinski definition) is 2. The van der Waals surface area contributed by atoms with Crippen molar-refractivity contribution in [3.8, 4) is 0 Å². The van der Waals surface area contributed by atoms with Crippen LogP contribution in [0.5, 0.6) is 0 Å². The molecule has 2 rings (SSSR count). The first-order valence-electron chi connectivity index (χ1n) is 5.73. The maximum atomic E-state index is 13.2. The lowest BCUT2D eigenvalue weighted by molar-refractivity contribution is 0.569. The topological polar surface area (TPSA) is 24.9 Å². The van der Waals surface area contributed by atoms with Gasteiger partial charge in [0, 0.05) is 10.7 Å². The zero-order valence-electron chi connectivity index (χ0n) is 10.0. The van der Waals surface area contributed by atoms with E-state index in [2.05, 4.69) is 26.2 Å². The van der Waals surface area contributed by atoms with Gasteiger partial charge in [-0.15, -0.1) is 0 Å². The summed E-state index contributed by atoms with van der Waals surface area (Å²) >= 11 is 3.45. The van der Waals surface area contributed by atoms with E-state index in [1.165, 1.54) is 6.07 Å². The first kappa shape index (κ1) is 13.2. The van der Waals surface area contributed by atoms with Crippen LogP contribution in [-0.4, -0.2) is 12.0 Å². The fraction of sp³-hybridized carbons (Fsp3) is 0.214. The van der Waals surface area contributed by atoms with Crippen molar-refractivity contribution in [2.75, 3.05) is 7.05 Å². The molecule has 4 heteroatoms. The quantitative estimate of drug-likeness (QED) is 0.935. The fourth-order valence-electron chi connectivity index (χ4n) is 1.86. The van der Waals surface area contributed by atoms with Crippen molar-refractivity contribution in [3.63, 3.8) is 0 Å². The Balaban J connectivity index is 2.23. The summed E-state index contributed by atoms with van der Waals surface area (Å²) in [6.45, 7) is 0. The largest absolute Gasteiger partial charge is 0.311 e. The average molecular weight is 309 g/mol. The Bertz CT molecular complexity index is 516. The Labute approximate surface area is 114 Å². The molecule has 0 spiro atoms. The summed E-state index contributed by atoms with van der Waals surface area (Å²) in [6, 6.07) is 10.6. The summed E-state index contributed by atoms with van der Waals surface area (Å²) in [5, 5.41) is 3.21. The number of aromatic nitrogens is 1. The number of benzene rings is 1. The molecule has 0 amide bonds. The molecule has 1 heterocycles. The second kappa shape index (κ2) is 6.07. The van der Waals surface area contributed by atoms with Crippen LogP contribution < -0.4 is 5.32 Å². The molecule has 0 aliphatic rings. The summed E-state index contributed by atoms with van der Waals surface area (Å²) in [5.41, 5.74) is 1.89. The zero-order valence-corrected chi connectivity index (χ0v) is 11.6. The van der Waals surface area contributed by atoms with Gasteiger partial charge in [0.15, 0.2) is 0 Å². The summed E-state index contributed by atoms with van der Waals surface area (Å²) in [6.07, 6.45) is 2.45. The predicted octanol–water partition coefficient (Wildman–Crippen LogP) is 3.49. The van der Waals surface area contributed by atoms with Gasteiger partial charge in [0.25, 0.3) is 0 Å². The Morgan fingerprint density at radius 3 is 2.83 bits per heavy atom. The molecule has 18 heavy (non-hydrogen) atoms. The van der Waals surface area contributed by atoms with Crippen molar-refractivity contribution in [1.29, 1.82) is 0 Å². The maximum Gasteiger partial charge on any atom is 0.123 e. The standard InChI is InChI=1S/C14H14BrFN2/c1-17-14(13-4-2-3-7-18-13)9-10-8-11(16)5-6-12(10)15/h2-8,14,17H,9H2,1H3. The van der Waals surface area contributed by atoms with Crippen LogP contribution in [0.1, 0.15) is 17.3 Å². The van der Waals surface area contributed by atoms with Crippen molar-refractivity contribution < 1.29 is 4.39 Å². The number of rotatable bonds is 4. The number of likely N-dealkylation sites (N-methyl/N-ethyl adjacent to an activating group) is 1. The van der Waals surface area contributed by atoms with Crippen molar-refractivity contribution in [3.05, 3.63) is 64.1 Å². The van der Waals surface area contributed by atoms with Gasteiger partial charge in [-0.3, -0.25) is 4.98 Å². The molecule has 0 aliphatic carbocycles. The van der Waals surface area contributed by atoms with Gasteiger partial charge in [-0.1, -0.05) is 22.0 Å². The lowest BCUT2D eigenvalue weighted by Crippen LogP contribution is -2.20. The molecular formula is C14H14BrFN2. The second-order valence-corrected chi connectivity index (χ2v) is 4.89. The summed E-state index contributed by atoms with van der Waals surface area (Å²) in [5.74, 6) is -0.218. The molecule has 1 N–H and O–H groups in total. The molecule has 0 bridgehead atoms. The molecule has 0 aliphatic heterocycles. The van der Waals surface area contributed by atoms with Gasteiger partial charge in [0.05, 0.1) is 11.7 Å². The van der Waals surface area contributed by atoms with E-state index in [4.69, 9.17) is 0 Å². The van der Waals surface area contributed by atoms with Crippen molar-refractivity contribution in [2.24, 2.45) is 0 Å². The number of hydrogen-bond donors (Lipinski definition) is 1. The van der Waals surface area contributed by atoms with E-state index >= 15 is 0 Å². The lowest BCUT2D eigenvalue weighted by atomic mass is 10.0. The molecule has 1 unspecified atom stereocenters.